The average Bonchev–Trinajstić information content (AvgIpc) is 2.32. The fraction of sp³-hybridized carbons (Fsp3) is 1.00. The van der Waals surface area contributed by atoms with Gasteiger partial charge in [-0.15, -0.1) is 0 Å². The smallest absolute Gasteiger partial charge is 0.0442 e. The van der Waals surface area contributed by atoms with Crippen molar-refractivity contribution in [1.82, 2.24) is 0 Å². The topological polar surface area (TPSA) is 0 Å². The summed E-state index contributed by atoms with van der Waals surface area (Å²) in [5.74, 6) is 1.11. The minimum Gasteiger partial charge on any atom is -0.0695 e. The molecule has 0 N–H and O–H groups in total. The van der Waals surface area contributed by atoms with Crippen molar-refractivity contribution >= 4 is 8.07 Å². The summed E-state index contributed by atoms with van der Waals surface area (Å²) in [4.78, 5) is 0. The highest BCUT2D eigenvalue weighted by atomic mass is 28.3. The van der Waals surface area contributed by atoms with E-state index in [4.69, 9.17) is 0 Å². The van der Waals surface area contributed by atoms with E-state index < -0.39 is 8.07 Å². The predicted octanol–water partition coefficient (Wildman–Crippen LogP) is 3.90. The molecule has 66 valence electrons. The Morgan fingerprint density at radius 2 is 1.64 bits per heavy atom. The lowest BCUT2D eigenvalue weighted by molar-refractivity contribution is 0.527. The van der Waals surface area contributed by atoms with Gasteiger partial charge >= 0.3 is 0 Å². The van der Waals surface area contributed by atoms with Crippen LogP contribution in [-0.4, -0.2) is 8.07 Å². The Balaban J connectivity index is 2.11. The molecule has 0 unspecified atom stereocenters. The standard InChI is InChI=1S/C10H22Si/c1-11(2,3)9-8-10-6-4-5-7-10/h10H,4-9H2,1-3H3. The van der Waals surface area contributed by atoms with Crippen LogP contribution >= 0.6 is 0 Å². The van der Waals surface area contributed by atoms with Crippen LogP contribution in [0.1, 0.15) is 32.1 Å². The summed E-state index contributed by atoms with van der Waals surface area (Å²) in [6.07, 6.45) is 7.62. The van der Waals surface area contributed by atoms with Crippen LogP contribution in [0.5, 0.6) is 0 Å². The van der Waals surface area contributed by atoms with E-state index in [1.807, 2.05) is 0 Å². The van der Waals surface area contributed by atoms with Gasteiger partial charge in [-0.3, -0.25) is 0 Å². The molecule has 0 aromatic carbocycles. The summed E-state index contributed by atoms with van der Waals surface area (Å²) in [5, 5.41) is 0. The molecule has 1 aliphatic carbocycles. The summed E-state index contributed by atoms with van der Waals surface area (Å²) in [6, 6.07) is 1.55. The van der Waals surface area contributed by atoms with E-state index in [2.05, 4.69) is 19.6 Å². The Kier molecular flexibility index (Phi) is 3.17. The third-order valence-electron chi connectivity index (χ3n) is 2.78. The predicted molar refractivity (Wildman–Crippen MR) is 54.7 cm³/mol. The van der Waals surface area contributed by atoms with E-state index >= 15 is 0 Å². The Bertz CT molecular complexity index is 107. The molecule has 0 radical (unpaired) electrons. The maximum Gasteiger partial charge on any atom is 0.0442 e. The van der Waals surface area contributed by atoms with Crippen molar-refractivity contribution in [3.63, 3.8) is 0 Å². The monoisotopic (exact) mass is 170 g/mol. The number of rotatable bonds is 3. The average molecular weight is 170 g/mol. The Morgan fingerprint density at radius 3 is 2.09 bits per heavy atom. The van der Waals surface area contributed by atoms with Gasteiger partial charge in [0.05, 0.1) is 0 Å². The first-order valence-corrected chi connectivity index (χ1v) is 8.79. The molecule has 1 fully saturated rings. The van der Waals surface area contributed by atoms with Crippen molar-refractivity contribution in [3.8, 4) is 0 Å². The Labute approximate surface area is 72.4 Å². The van der Waals surface area contributed by atoms with E-state index in [-0.39, 0.29) is 0 Å². The van der Waals surface area contributed by atoms with Gasteiger partial charge < -0.3 is 0 Å². The molecule has 0 spiro atoms. The minimum absolute atomic E-state index is 0.725. The minimum atomic E-state index is -0.725. The van der Waals surface area contributed by atoms with Crippen molar-refractivity contribution < 1.29 is 0 Å². The zero-order valence-corrected chi connectivity index (χ0v) is 9.32. The molecule has 1 heteroatoms. The number of hydrogen-bond acceptors (Lipinski definition) is 0. The second-order valence-corrected chi connectivity index (χ2v) is 10.9. The van der Waals surface area contributed by atoms with Gasteiger partial charge in [0, 0.05) is 8.07 Å². The van der Waals surface area contributed by atoms with Gasteiger partial charge in [-0.2, -0.15) is 0 Å². The third kappa shape index (κ3) is 3.95. The molecule has 0 heterocycles. The van der Waals surface area contributed by atoms with Gasteiger partial charge in [0.2, 0.25) is 0 Å². The molecule has 0 aliphatic heterocycles. The molecule has 1 saturated carbocycles. The Hall–Kier alpha value is 0.217. The zero-order chi connectivity index (χ0) is 8.32. The lowest BCUT2D eigenvalue weighted by Gasteiger charge is -2.18. The first-order valence-electron chi connectivity index (χ1n) is 5.08. The van der Waals surface area contributed by atoms with E-state index in [0.29, 0.717) is 0 Å². The van der Waals surface area contributed by atoms with Crippen molar-refractivity contribution in [2.75, 3.05) is 0 Å². The molecular weight excluding hydrogens is 148 g/mol. The summed E-state index contributed by atoms with van der Waals surface area (Å²) in [7, 11) is -0.725. The molecular formula is C10H22Si. The summed E-state index contributed by atoms with van der Waals surface area (Å²) >= 11 is 0. The van der Waals surface area contributed by atoms with Gasteiger partial charge in [-0.25, -0.2) is 0 Å². The summed E-state index contributed by atoms with van der Waals surface area (Å²) in [6.45, 7) is 7.46. The normalized spacial score (nSPS) is 21.0. The first kappa shape index (κ1) is 9.31. The van der Waals surface area contributed by atoms with Gasteiger partial charge in [0.1, 0.15) is 0 Å². The van der Waals surface area contributed by atoms with Crippen LogP contribution in [-0.2, 0) is 0 Å². The molecule has 0 amide bonds. The number of hydrogen-bond donors (Lipinski definition) is 0. The van der Waals surface area contributed by atoms with Gasteiger partial charge in [-0.1, -0.05) is 57.8 Å². The second-order valence-electron chi connectivity index (χ2n) is 5.25. The molecule has 11 heavy (non-hydrogen) atoms. The highest BCUT2D eigenvalue weighted by Gasteiger charge is 2.19. The molecule has 0 bridgehead atoms. The molecule has 1 aliphatic rings. The van der Waals surface area contributed by atoms with E-state index in [1.54, 1.807) is 6.04 Å². The van der Waals surface area contributed by atoms with Crippen molar-refractivity contribution in [2.45, 2.75) is 57.8 Å². The highest BCUT2D eigenvalue weighted by Crippen LogP contribution is 2.30. The van der Waals surface area contributed by atoms with Crippen molar-refractivity contribution in [2.24, 2.45) is 5.92 Å². The van der Waals surface area contributed by atoms with Gasteiger partial charge in [0.25, 0.3) is 0 Å². The molecule has 0 saturated heterocycles. The summed E-state index contributed by atoms with van der Waals surface area (Å²) < 4.78 is 0. The van der Waals surface area contributed by atoms with Crippen LogP contribution in [0.2, 0.25) is 25.7 Å². The largest absolute Gasteiger partial charge is 0.0695 e. The van der Waals surface area contributed by atoms with Crippen LogP contribution in [0.4, 0.5) is 0 Å². The van der Waals surface area contributed by atoms with Crippen molar-refractivity contribution in [3.05, 3.63) is 0 Å². The van der Waals surface area contributed by atoms with Crippen LogP contribution < -0.4 is 0 Å². The van der Waals surface area contributed by atoms with Crippen molar-refractivity contribution in [1.29, 1.82) is 0 Å². The highest BCUT2D eigenvalue weighted by molar-refractivity contribution is 6.76. The molecule has 0 nitrogen and oxygen atoms in total. The van der Waals surface area contributed by atoms with Crippen LogP contribution in [0, 0.1) is 5.92 Å². The molecule has 1 rings (SSSR count). The maximum absolute atomic E-state index is 2.49. The van der Waals surface area contributed by atoms with Gasteiger partial charge in [0.15, 0.2) is 0 Å². The molecule has 0 aromatic rings. The summed E-state index contributed by atoms with van der Waals surface area (Å²) in [5.41, 5.74) is 0. The van der Waals surface area contributed by atoms with E-state index in [9.17, 15) is 0 Å². The zero-order valence-electron chi connectivity index (χ0n) is 8.32. The van der Waals surface area contributed by atoms with E-state index in [1.165, 1.54) is 32.1 Å². The first-order chi connectivity index (χ1) is 5.08. The molecule has 0 aromatic heterocycles. The van der Waals surface area contributed by atoms with Crippen LogP contribution in [0.25, 0.3) is 0 Å². The Morgan fingerprint density at radius 1 is 1.09 bits per heavy atom. The lowest BCUT2D eigenvalue weighted by atomic mass is 10.1. The van der Waals surface area contributed by atoms with Crippen LogP contribution in [0.3, 0.4) is 0 Å². The SMILES string of the molecule is C[Si](C)(C)CCC1CCCC1. The lowest BCUT2D eigenvalue weighted by Crippen LogP contribution is -2.19. The fourth-order valence-corrected chi connectivity index (χ4v) is 3.21. The third-order valence-corrected chi connectivity index (χ3v) is 4.57. The second kappa shape index (κ2) is 3.75. The maximum atomic E-state index is 2.49. The van der Waals surface area contributed by atoms with Gasteiger partial charge in [-0.05, 0) is 5.92 Å². The van der Waals surface area contributed by atoms with E-state index in [0.717, 1.165) is 5.92 Å². The fourth-order valence-electron chi connectivity index (χ4n) is 1.94. The molecule has 0 atom stereocenters. The van der Waals surface area contributed by atoms with Crippen LogP contribution in [0.15, 0.2) is 0 Å². The quantitative estimate of drug-likeness (QED) is 0.563.